The van der Waals surface area contributed by atoms with E-state index < -0.39 is 11.4 Å². The highest BCUT2D eigenvalue weighted by atomic mass is 16.5. The molecule has 0 aromatic carbocycles. The third-order valence-electron chi connectivity index (χ3n) is 2.80. The van der Waals surface area contributed by atoms with Crippen molar-refractivity contribution in [2.24, 2.45) is 0 Å². The Bertz CT molecular complexity index is 413. The van der Waals surface area contributed by atoms with Gasteiger partial charge in [0.2, 0.25) is 0 Å². The Labute approximate surface area is 93.5 Å². The number of carboxylic acid groups (broad SMARTS) is 1. The normalized spacial score (nSPS) is 18.2. The van der Waals surface area contributed by atoms with Crippen LogP contribution in [0.4, 0.5) is 0 Å². The molecule has 5 heteroatoms. The molecule has 0 bridgehead atoms. The van der Waals surface area contributed by atoms with Gasteiger partial charge < -0.3 is 9.84 Å². The molecule has 2 heterocycles. The lowest BCUT2D eigenvalue weighted by Crippen LogP contribution is -2.54. The number of aliphatic carboxylic acids is 1. The van der Waals surface area contributed by atoms with Gasteiger partial charge in [0.15, 0.2) is 11.2 Å². The van der Waals surface area contributed by atoms with Gasteiger partial charge in [0.05, 0.1) is 13.2 Å². The molecule has 1 aromatic rings. The van der Waals surface area contributed by atoms with Gasteiger partial charge in [0.1, 0.15) is 0 Å². The van der Waals surface area contributed by atoms with Crippen LogP contribution in [0.2, 0.25) is 0 Å². The lowest BCUT2D eigenvalue weighted by atomic mass is 9.85. The Balaban J connectivity index is 2.39. The van der Waals surface area contributed by atoms with Crippen LogP contribution in [0.1, 0.15) is 31.3 Å². The van der Waals surface area contributed by atoms with Gasteiger partial charge in [-0.05, 0) is 12.0 Å². The van der Waals surface area contributed by atoms with E-state index in [1.807, 2.05) is 19.9 Å². The van der Waals surface area contributed by atoms with Crippen molar-refractivity contribution in [1.82, 2.24) is 9.97 Å². The van der Waals surface area contributed by atoms with Gasteiger partial charge in [0, 0.05) is 11.9 Å². The Morgan fingerprint density at radius 1 is 1.56 bits per heavy atom. The maximum absolute atomic E-state index is 11.2. The first-order chi connectivity index (χ1) is 7.56. The fraction of sp³-hybridized carbons (Fsp3) is 0.545. The summed E-state index contributed by atoms with van der Waals surface area (Å²) in [6.45, 7) is 4.33. The fourth-order valence-electron chi connectivity index (χ4n) is 1.58. The standard InChI is InChI=1S/C11H14N2O3/c1-7(2)8-3-4-12-9(13-8)11(10(14)15)5-16-6-11/h3-4,7H,5-6H2,1-2H3,(H,14,15). The molecule has 1 aliphatic heterocycles. The highest BCUT2D eigenvalue weighted by Gasteiger charge is 2.50. The summed E-state index contributed by atoms with van der Waals surface area (Å²) in [5.74, 6) is -0.300. The van der Waals surface area contributed by atoms with Crippen molar-refractivity contribution in [3.05, 3.63) is 23.8 Å². The number of rotatable bonds is 3. The largest absolute Gasteiger partial charge is 0.480 e. The van der Waals surface area contributed by atoms with E-state index >= 15 is 0 Å². The maximum Gasteiger partial charge on any atom is 0.322 e. The summed E-state index contributed by atoms with van der Waals surface area (Å²) < 4.78 is 4.99. The van der Waals surface area contributed by atoms with Crippen molar-refractivity contribution in [1.29, 1.82) is 0 Å². The predicted molar refractivity (Wildman–Crippen MR) is 56.3 cm³/mol. The van der Waals surface area contributed by atoms with E-state index in [9.17, 15) is 9.90 Å². The topological polar surface area (TPSA) is 72.3 Å². The highest BCUT2D eigenvalue weighted by Crippen LogP contribution is 2.30. The third kappa shape index (κ3) is 1.57. The van der Waals surface area contributed by atoms with E-state index in [0.29, 0.717) is 5.82 Å². The minimum atomic E-state index is -1.04. The summed E-state index contributed by atoms with van der Waals surface area (Å²) in [5, 5.41) is 9.21. The summed E-state index contributed by atoms with van der Waals surface area (Å²) in [6, 6.07) is 1.81. The molecular weight excluding hydrogens is 208 g/mol. The summed E-state index contributed by atoms with van der Waals surface area (Å²) in [6.07, 6.45) is 1.61. The van der Waals surface area contributed by atoms with Crippen LogP contribution in [0.3, 0.4) is 0 Å². The second kappa shape index (κ2) is 3.83. The molecule has 0 radical (unpaired) electrons. The van der Waals surface area contributed by atoms with Gasteiger partial charge in [-0.25, -0.2) is 9.97 Å². The van der Waals surface area contributed by atoms with Crippen LogP contribution in [0.25, 0.3) is 0 Å². The van der Waals surface area contributed by atoms with E-state index in [2.05, 4.69) is 9.97 Å². The number of nitrogens with zero attached hydrogens (tertiary/aromatic N) is 2. The average molecular weight is 222 g/mol. The average Bonchev–Trinajstić information content (AvgIpc) is 2.15. The molecule has 16 heavy (non-hydrogen) atoms. The van der Waals surface area contributed by atoms with Gasteiger partial charge in [0.25, 0.3) is 0 Å². The second-order valence-electron chi connectivity index (χ2n) is 4.34. The highest BCUT2D eigenvalue weighted by molar-refractivity contribution is 5.81. The summed E-state index contributed by atoms with van der Waals surface area (Å²) in [5.41, 5.74) is -0.178. The molecule has 5 nitrogen and oxygen atoms in total. The van der Waals surface area contributed by atoms with Crippen molar-refractivity contribution in [2.75, 3.05) is 13.2 Å². The number of ether oxygens (including phenoxy) is 1. The van der Waals surface area contributed by atoms with Crippen LogP contribution in [-0.4, -0.2) is 34.3 Å². The summed E-state index contributed by atoms with van der Waals surface area (Å²) in [7, 11) is 0. The molecule has 1 fully saturated rings. The number of carboxylic acids is 1. The molecule has 0 aliphatic carbocycles. The molecule has 0 unspecified atom stereocenters. The number of hydrogen-bond acceptors (Lipinski definition) is 4. The number of carbonyl (C=O) groups is 1. The fourth-order valence-corrected chi connectivity index (χ4v) is 1.58. The summed E-state index contributed by atoms with van der Waals surface area (Å²) >= 11 is 0. The van der Waals surface area contributed by atoms with Crippen LogP contribution >= 0.6 is 0 Å². The van der Waals surface area contributed by atoms with E-state index in [0.717, 1.165) is 5.69 Å². The van der Waals surface area contributed by atoms with Gasteiger partial charge in [-0.2, -0.15) is 0 Å². The van der Waals surface area contributed by atoms with Gasteiger partial charge in [-0.3, -0.25) is 4.79 Å². The first kappa shape index (κ1) is 11.0. The minimum absolute atomic E-state index is 0.157. The van der Waals surface area contributed by atoms with E-state index in [1.165, 1.54) is 0 Å². The Morgan fingerprint density at radius 3 is 2.69 bits per heavy atom. The Kier molecular flexibility index (Phi) is 2.63. The predicted octanol–water partition coefficient (Wildman–Crippen LogP) is 0.953. The van der Waals surface area contributed by atoms with E-state index in [4.69, 9.17) is 4.74 Å². The molecule has 2 rings (SSSR count). The molecule has 1 N–H and O–H groups in total. The molecular formula is C11H14N2O3. The zero-order valence-corrected chi connectivity index (χ0v) is 9.30. The van der Waals surface area contributed by atoms with Crippen LogP contribution in [-0.2, 0) is 14.9 Å². The molecule has 86 valence electrons. The molecule has 1 aliphatic rings. The van der Waals surface area contributed by atoms with Crippen molar-refractivity contribution in [2.45, 2.75) is 25.2 Å². The van der Waals surface area contributed by atoms with Gasteiger partial charge in [-0.15, -0.1) is 0 Å². The maximum atomic E-state index is 11.2. The zero-order chi connectivity index (χ0) is 11.8. The van der Waals surface area contributed by atoms with Crippen LogP contribution in [0.5, 0.6) is 0 Å². The molecule has 0 saturated carbocycles. The first-order valence-corrected chi connectivity index (χ1v) is 5.21. The van der Waals surface area contributed by atoms with Crippen LogP contribution in [0.15, 0.2) is 12.3 Å². The van der Waals surface area contributed by atoms with Gasteiger partial charge in [-0.1, -0.05) is 13.8 Å². The van der Waals surface area contributed by atoms with Crippen molar-refractivity contribution < 1.29 is 14.6 Å². The van der Waals surface area contributed by atoms with E-state index in [1.54, 1.807) is 6.20 Å². The Morgan fingerprint density at radius 2 is 2.25 bits per heavy atom. The van der Waals surface area contributed by atoms with Crippen LogP contribution < -0.4 is 0 Å². The monoisotopic (exact) mass is 222 g/mol. The van der Waals surface area contributed by atoms with Crippen molar-refractivity contribution >= 4 is 5.97 Å². The molecule has 0 atom stereocenters. The first-order valence-electron chi connectivity index (χ1n) is 5.21. The molecule has 0 amide bonds. The van der Waals surface area contributed by atoms with Gasteiger partial charge >= 0.3 is 5.97 Å². The third-order valence-corrected chi connectivity index (χ3v) is 2.80. The second-order valence-corrected chi connectivity index (χ2v) is 4.34. The minimum Gasteiger partial charge on any atom is -0.480 e. The zero-order valence-electron chi connectivity index (χ0n) is 9.30. The van der Waals surface area contributed by atoms with Crippen molar-refractivity contribution in [3.8, 4) is 0 Å². The SMILES string of the molecule is CC(C)c1ccnc(C2(C(=O)O)COC2)n1. The number of hydrogen-bond donors (Lipinski definition) is 1. The van der Waals surface area contributed by atoms with Crippen LogP contribution in [0, 0.1) is 0 Å². The summed E-state index contributed by atoms with van der Waals surface area (Å²) in [4.78, 5) is 19.6. The number of aromatic nitrogens is 2. The van der Waals surface area contributed by atoms with Crippen molar-refractivity contribution in [3.63, 3.8) is 0 Å². The lowest BCUT2D eigenvalue weighted by Gasteiger charge is -2.35. The lowest BCUT2D eigenvalue weighted by molar-refractivity contribution is -0.164. The molecule has 1 aromatic heterocycles. The quantitative estimate of drug-likeness (QED) is 0.824. The Hall–Kier alpha value is -1.49. The molecule has 0 spiro atoms. The van der Waals surface area contributed by atoms with E-state index in [-0.39, 0.29) is 19.1 Å². The smallest absolute Gasteiger partial charge is 0.322 e. The molecule has 1 saturated heterocycles.